The molecule has 1 N–H and O–H groups in total. The van der Waals surface area contributed by atoms with Crippen molar-refractivity contribution in [2.24, 2.45) is 0 Å². The van der Waals surface area contributed by atoms with Gasteiger partial charge in [0.1, 0.15) is 0 Å². The zero-order chi connectivity index (χ0) is 14.6. The number of hydrogen-bond donors (Lipinski definition) is 1. The van der Waals surface area contributed by atoms with Crippen LogP contribution in [0.25, 0.3) is 0 Å². The summed E-state index contributed by atoms with van der Waals surface area (Å²) in [5.74, 6) is -0.0456. The van der Waals surface area contributed by atoms with Crippen LogP contribution >= 0.6 is 11.6 Å². The molecule has 0 saturated heterocycles. The number of hydrogen-bond acceptors (Lipinski definition) is 2. The molecule has 0 amide bonds. The van der Waals surface area contributed by atoms with Gasteiger partial charge in [-0.15, -0.1) is 0 Å². The van der Waals surface area contributed by atoms with Gasteiger partial charge in [-0.1, -0.05) is 53.6 Å². The highest BCUT2D eigenvalue weighted by atomic mass is 35.5. The predicted molar refractivity (Wildman–Crippen MR) is 82.1 cm³/mol. The number of rotatable bonds is 5. The average Bonchev–Trinajstić information content (AvgIpc) is 2.41. The summed E-state index contributed by atoms with van der Waals surface area (Å²) in [6, 6.07) is 14.6. The number of nitrogens with one attached hydrogen (secondary N) is 1. The Morgan fingerprint density at radius 1 is 0.950 bits per heavy atom. The van der Waals surface area contributed by atoms with E-state index in [-0.39, 0.29) is 5.75 Å². The molecule has 0 radical (unpaired) electrons. The molecule has 0 aliphatic rings. The first-order valence-corrected chi connectivity index (χ1v) is 8.25. The molecule has 2 aromatic rings. The van der Waals surface area contributed by atoms with Crippen molar-refractivity contribution in [2.45, 2.75) is 19.2 Å². The monoisotopic (exact) mass is 309 g/mol. The minimum atomic E-state index is -3.35. The minimum absolute atomic E-state index is 0.0456. The topological polar surface area (TPSA) is 46.2 Å². The van der Waals surface area contributed by atoms with Crippen LogP contribution < -0.4 is 4.72 Å². The maximum Gasteiger partial charge on any atom is 0.216 e. The molecular formula is C15H16ClNO2S. The fraction of sp³-hybridized carbons (Fsp3) is 0.200. The van der Waals surface area contributed by atoms with Crippen LogP contribution in [0.5, 0.6) is 0 Å². The first kappa shape index (κ1) is 15.0. The summed E-state index contributed by atoms with van der Waals surface area (Å²) < 4.78 is 26.6. The maximum absolute atomic E-state index is 12.0. The molecule has 0 spiro atoms. The number of aryl methyl sites for hydroxylation is 1. The Balaban J connectivity index is 1.97. The van der Waals surface area contributed by atoms with Gasteiger partial charge in [-0.3, -0.25) is 0 Å². The van der Waals surface area contributed by atoms with E-state index >= 15 is 0 Å². The standard InChI is InChI=1S/C15H16ClNO2S/c1-12-2-4-13(5-3-12)10-17-20(18,19)11-14-6-8-15(16)9-7-14/h2-9,17H,10-11H2,1H3. The van der Waals surface area contributed by atoms with E-state index < -0.39 is 10.0 Å². The normalized spacial score (nSPS) is 11.5. The molecule has 106 valence electrons. The lowest BCUT2D eigenvalue weighted by Gasteiger charge is -2.07. The molecule has 0 aliphatic carbocycles. The molecular weight excluding hydrogens is 294 g/mol. The largest absolute Gasteiger partial charge is 0.216 e. The molecule has 0 aliphatic heterocycles. The number of halogens is 1. The molecule has 0 bridgehead atoms. The number of benzene rings is 2. The molecule has 0 fully saturated rings. The third kappa shape index (κ3) is 4.63. The van der Waals surface area contributed by atoms with E-state index in [1.54, 1.807) is 24.3 Å². The summed E-state index contributed by atoms with van der Waals surface area (Å²) in [6.07, 6.45) is 0. The maximum atomic E-state index is 12.0. The molecule has 0 saturated carbocycles. The van der Waals surface area contributed by atoms with Gasteiger partial charge in [-0.05, 0) is 30.2 Å². The zero-order valence-corrected chi connectivity index (χ0v) is 12.7. The van der Waals surface area contributed by atoms with Crippen molar-refractivity contribution < 1.29 is 8.42 Å². The molecule has 3 nitrogen and oxygen atoms in total. The molecule has 2 aromatic carbocycles. The highest BCUT2D eigenvalue weighted by Crippen LogP contribution is 2.12. The second kappa shape index (κ2) is 6.39. The molecule has 20 heavy (non-hydrogen) atoms. The van der Waals surface area contributed by atoms with E-state index in [1.807, 2.05) is 31.2 Å². The Morgan fingerprint density at radius 3 is 2.10 bits per heavy atom. The van der Waals surface area contributed by atoms with Crippen molar-refractivity contribution in [3.05, 3.63) is 70.2 Å². The molecule has 2 rings (SSSR count). The van der Waals surface area contributed by atoms with Crippen LogP contribution in [0.2, 0.25) is 5.02 Å². The quantitative estimate of drug-likeness (QED) is 0.921. The van der Waals surface area contributed by atoms with Crippen molar-refractivity contribution in [2.75, 3.05) is 0 Å². The van der Waals surface area contributed by atoms with Crippen molar-refractivity contribution >= 4 is 21.6 Å². The summed E-state index contributed by atoms with van der Waals surface area (Å²) in [5, 5.41) is 0.596. The lowest BCUT2D eigenvalue weighted by molar-refractivity contribution is 0.580. The van der Waals surface area contributed by atoms with Crippen molar-refractivity contribution in [1.29, 1.82) is 0 Å². The van der Waals surface area contributed by atoms with Gasteiger partial charge < -0.3 is 0 Å². The van der Waals surface area contributed by atoms with Crippen molar-refractivity contribution in [3.63, 3.8) is 0 Å². The molecule has 0 heterocycles. The van der Waals surface area contributed by atoms with Crippen LogP contribution in [0.15, 0.2) is 48.5 Å². The highest BCUT2D eigenvalue weighted by molar-refractivity contribution is 7.88. The summed E-state index contributed by atoms with van der Waals surface area (Å²) >= 11 is 5.77. The summed E-state index contributed by atoms with van der Waals surface area (Å²) in [5.41, 5.74) is 2.80. The Bertz CT molecular complexity index is 664. The van der Waals surface area contributed by atoms with E-state index in [2.05, 4.69) is 4.72 Å². The zero-order valence-electron chi connectivity index (χ0n) is 11.1. The minimum Gasteiger partial charge on any atom is -0.212 e. The Kier molecular flexibility index (Phi) is 4.81. The van der Waals surface area contributed by atoms with Gasteiger partial charge in [-0.2, -0.15) is 0 Å². The summed E-state index contributed by atoms with van der Waals surface area (Å²) in [6.45, 7) is 2.30. The lowest BCUT2D eigenvalue weighted by atomic mass is 10.2. The average molecular weight is 310 g/mol. The van der Waals surface area contributed by atoms with Gasteiger partial charge >= 0.3 is 0 Å². The fourth-order valence-corrected chi connectivity index (χ4v) is 3.00. The second-order valence-corrected chi connectivity index (χ2v) is 6.94. The fourth-order valence-electron chi connectivity index (χ4n) is 1.75. The van der Waals surface area contributed by atoms with Gasteiger partial charge in [0.15, 0.2) is 0 Å². The summed E-state index contributed by atoms with van der Waals surface area (Å²) in [7, 11) is -3.35. The predicted octanol–water partition coefficient (Wildman–Crippen LogP) is 3.27. The van der Waals surface area contributed by atoms with Gasteiger partial charge in [-0.25, -0.2) is 13.1 Å². The summed E-state index contributed by atoms with van der Waals surface area (Å²) in [4.78, 5) is 0. The third-order valence-corrected chi connectivity index (χ3v) is 4.44. The Labute approximate surface area is 124 Å². The van der Waals surface area contributed by atoms with Crippen LogP contribution in [-0.4, -0.2) is 8.42 Å². The Morgan fingerprint density at radius 2 is 1.50 bits per heavy atom. The van der Waals surface area contributed by atoms with Gasteiger partial charge in [0.2, 0.25) is 10.0 Å². The van der Waals surface area contributed by atoms with E-state index in [0.717, 1.165) is 11.1 Å². The number of sulfonamides is 1. The smallest absolute Gasteiger partial charge is 0.212 e. The van der Waals surface area contributed by atoms with Crippen LogP contribution in [0, 0.1) is 6.92 Å². The molecule has 5 heteroatoms. The van der Waals surface area contributed by atoms with Crippen LogP contribution in [0.1, 0.15) is 16.7 Å². The SMILES string of the molecule is Cc1ccc(CNS(=O)(=O)Cc2ccc(Cl)cc2)cc1. The van der Waals surface area contributed by atoms with Crippen LogP contribution in [0.3, 0.4) is 0 Å². The Hall–Kier alpha value is -1.36. The third-order valence-electron chi connectivity index (χ3n) is 2.89. The lowest BCUT2D eigenvalue weighted by Crippen LogP contribution is -2.24. The molecule has 0 atom stereocenters. The van der Waals surface area contributed by atoms with Gasteiger partial charge in [0.25, 0.3) is 0 Å². The van der Waals surface area contributed by atoms with E-state index in [4.69, 9.17) is 11.6 Å². The highest BCUT2D eigenvalue weighted by Gasteiger charge is 2.11. The van der Waals surface area contributed by atoms with Crippen molar-refractivity contribution in [3.8, 4) is 0 Å². The van der Waals surface area contributed by atoms with E-state index in [9.17, 15) is 8.42 Å². The van der Waals surface area contributed by atoms with Gasteiger partial charge in [0, 0.05) is 11.6 Å². The second-order valence-electron chi connectivity index (χ2n) is 4.69. The molecule has 0 aromatic heterocycles. The van der Waals surface area contributed by atoms with Crippen LogP contribution in [0.4, 0.5) is 0 Å². The van der Waals surface area contributed by atoms with Gasteiger partial charge in [0.05, 0.1) is 5.75 Å². The molecule has 0 unspecified atom stereocenters. The van der Waals surface area contributed by atoms with Crippen molar-refractivity contribution in [1.82, 2.24) is 4.72 Å². The first-order chi connectivity index (χ1) is 9.44. The van der Waals surface area contributed by atoms with E-state index in [1.165, 1.54) is 0 Å². The first-order valence-electron chi connectivity index (χ1n) is 6.22. The van der Waals surface area contributed by atoms with Crippen LogP contribution in [-0.2, 0) is 22.3 Å². The van der Waals surface area contributed by atoms with E-state index in [0.29, 0.717) is 17.1 Å².